The average Bonchev–Trinajstić information content (AvgIpc) is 3.33. The second kappa shape index (κ2) is 6.36. The highest BCUT2D eigenvalue weighted by Crippen LogP contribution is 2.29. The Morgan fingerprint density at radius 1 is 1.22 bits per heavy atom. The number of carbonyl (C=O) groups is 1. The van der Waals surface area contributed by atoms with Gasteiger partial charge in [-0.25, -0.2) is 9.97 Å². The van der Waals surface area contributed by atoms with Gasteiger partial charge in [0.15, 0.2) is 0 Å². The normalized spacial score (nSPS) is 13.9. The Balaban J connectivity index is 1.77. The van der Waals surface area contributed by atoms with E-state index in [0.29, 0.717) is 23.5 Å². The van der Waals surface area contributed by atoms with Crippen molar-refractivity contribution in [2.75, 3.05) is 5.32 Å². The second-order valence-corrected chi connectivity index (χ2v) is 6.35. The van der Waals surface area contributed by atoms with Crippen molar-refractivity contribution in [3.63, 3.8) is 0 Å². The monoisotopic (exact) mass is 310 g/mol. The minimum atomic E-state index is -0.148. The van der Waals surface area contributed by atoms with Crippen LogP contribution in [-0.2, 0) is 0 Å². The van der Waals surface area contributed by atoms with E-state index in [9.17, 15) is 4.79 Å². The summed E-state index contributed by atoms with van der Waals surface area (Å²) < 4.78 is 0. The van der Waals surface area contributed by atoms with E-state index >= 15 is 0 Å². The molecule has 0 aliphatic heterocycles. The van der Waals surface area contributed by atoms with Gasteiger partial charge in [0.1, 0.15) is 11.5 Å². The molecule has 5 heteroatoms. The van der Waals surface area contributed by atoms with E-state index in [1.165, 1.54) is 11.8 Å². The third-order valence-electron chi connectivity index (χ3n) is 3.98. The van der Waals surface area contributed by atoms with Crippen molar-refractivity contribution in [2.24, 2.45) is 0 Å². The van der Waals surface area contributed by atoms with Crippen LogP contribution in [0.3, 0.4) is 0 Å². The summed E-state index contributed by atoms with van der Waals surface area (Å²) >= 11 is 0. The Morgan fingerprint density at radius 3 is 2.61 bits per heavy atom. The molecule has 0 saturated heterocycles. The van der Waals surface area contributed by atoms with Gasteiger partial charge < -0.3 is 10.6 Å². The lowest BCUT2D eigenvalue weighted by Crippen LogP contribution is -2.26. The van der Waals surface area contributed by atoms with Crippen LogP contribution in [0.1, 0.15) is 54.2 Å². The fourth-order valence-electron chi connectivity index (χ4n) is 2.47. The summed E-state index contributed by atoms with van der Waals surface area (Å²) in [5, 5.41) is 6.25. The van der Waals surface area contributed by atoms with Gasteiger partial charge in [-0.3, -0.25) is 4.79 Å². The fourth-order valence-corrected chi connectivity index (χ4v) is 2.47. The van der Waals surface area contributed by atoms with Crippen LogP contribution in [-0.4, -0.2) is 21.9 Å². The van der Waals surface area contributed by atoms with Gasteiger partial charge in [0.05, 0.1) is 12.4 Å². The highest BCUT2D eigenvalue weighted by atomic mass is 16.2. The maximum Gasteiger partial charge on any atom is 0.271 e. The maximum atomic E-state index is 11.9. The standard InChI is InChI=1S/C18H22N4O/c1-11(2)14-6-4-5-12(3)17(14)22-16-10-19-15(9-20-16)18(23)21-13-7-8-13/h4-6,9-11,13H,7-8H2,1-3H3,(H,20,22)(H,21,23). The van der Waals surface area contributed by atoms with Crippen LogP contribution in [0.15, 0.2) is 30.6 Å². The molecule has 1 aliphatic rings. The molecule has 1 saturated carbocycles. The third kappa shape index (κ3) is 3.67. The van der Waals surface area contributed by atoms with Gasteiger partial charge in [-0.1, -0.05) is 32.0 Å². The molecule has 1 aliphatic carbocycles. The number of aromatic nitrogens is 2. The van der Waals surface area contributed by atoms with E-state index in [4.69, 9.17) is 0 Å². The van der Waals surface area contributed by atoms with Crippen molar-refractivity contribution >= 4 is 17.4 Å². The number of nitrogens with zero attached hydrogens (tertiary/aromatic N) is 2. The summed E-state index contributed by atoms with van der Waals surface area (Å²) in [5.41, 5.74) is 3.82. The molecule has 120 valence electrons. The number of carbonyl (C=O) groups excluding carboxylic acids is 1. The summed E-state index contributed by atoms with van der Waals surface area (Å²) in [6, 6.07) is 6.57. The van der Waals surface area contributed by atoms with Crippen LogP contribution < -0.4 is 10.6 Å². The summed E-state index contributed by atoms with van der Waals surface area (Å²) in [4.78, 5) is 20.5. The molecular formula is C18H22N4O. The van der Waals surface area contributed by atoms with Crippen molar-refractivity contribution in [3.8, 4) is 0 Å². The number of nitrogens with one attached hydrogen (secondary N) is 2. The predicted molar refractivity (Wildman–Crippen MR) is 91.1 cm³/mol. The zero-order valence-corrected chi connectivity index (χ0v) is 13.8. The highest BCUT2D eigenvalue weighted by Gasteiger charge is 2.24. The number of anilines is 2. The summed E-state index contributed by atoms with van der Waals surface area (Å²) in [6.07, 6.45) is 5.25. The first-order chi connectivity index (χ1) is 11.0. The van der Waals surface area contributed by atoms with E-state index in [1.807, 2.05) is 0 Å². The first-order valence-corrected chi connectivity index (χ1v) is 8.04. The van der Waals surface area contributed by atoms with Gasteiger partial charge in [0, 0.05) is 11.7 Å². The molecule has 1 heterocycles. The molecular weight excluding hydrogens is 288 g/mol. The Bertz CT molecular complexity index is 705. The summed E-state index contributed by atoms with van der Waals surface area (Å²) in [5.74, 6) is 0.906. The minimum Gasteiger partial charge on any atom is -0.348 e. The molecule has 2 aromatic rings. The van der Waals surface area contributed by atoms with Crippen LogP contribution in [0, 0.1) is 6.92 Å². The number of amides is 1. The van der Waals surface area contributed by atoms with E-state index in [2.05, 4.69) is 59.6 Å². The van der Waals surface area contributed by atoms with Crippen LogP contribution >= 0.6 is 0 Å². The van der Waals surface area contributed by atoms with Crippen LogP contribution in [0.2, 0.25) is 0 Å². The van der Waals surface area contributed by atoms with Gasteiger partial charge in [-0.05, 0) is 36.8 Å². The van der Waals surface area contributed by atoms with Gasteiger partial charge in [0.25, 0.3) is 5.91 Å². The number of hydrogen-bond acceptors (Lipinski definition) is 4. The quantitative estimate of drug-likeness (QED) is 0.886. The predicted octanol–water partition coefficient (Wildman–Crippen LogP) is 3.54. The molecule has 5 nitrogen and oxygen atoms in total. The van der Waals surface area contributed by atoms with Crippen molar-refractivity contribution in [3.05, 3.63) is 47.4 Å². The molecule has 3 rings (SSSR count). The van der Waals surface area contributed by atoms with Crippen LogP contribution in [0.5, 0.6) is 0 Å². The van der Waals surface area contributed by atoms with Crippen molar-refractivity contribution < 1.29 is 4.79 Å². The largest absolute Gasteiger partial charge is 0.348 e. The van der Waals surface area contributed by atoms with Crippen molar-refractivity contribution in [1.29, 1.82) is 0 Å². The number of aryl methyl sites for hydroxylation is 1. The summed E-state index contributed by atoms with van der Waals surface area (Å²) in [7, 11) is 0. The average molecular weight is 310 g/mol. The van der Waals surface area contributed by atoms with Crippen LogP contribution in [0.4, 0.5) is 11.5 Å². The molecule has 0 unspecified atom stereocenters. The van der Waals surface area contributed by atoms with E-state index in [1.54, 1.807) is 6.20 Å². The van der Waals surface area contributed by atoms with Crippen LogP contribution in [0.25, 0.3) is 0 Å². The lowest BCUT2D eigenvalue weighted by atomic mass is 9.98. The van der Waals surface area contributed by atoms with Crippen molar-refractivity contribution in [1.82, 2.24) is 15.3 Å². The second-order valence-electron chi connectivity index (χ2n) is 6.35. The fraction of sp³-hybridized carbons (Fsp3) is 0.389. The van der Waals surface area contributed by atoms with E-state index < -0.39 is 0 Å². The molecule has 1 aromatic heterocycles. The maximum absolute atomic E-state index is 11.9. The first-order valence-electron chi connectivity index (χ1n) is 8.04. The summed E-state index contributed by atoms with van der Waals surface area (Å²) in [6.45, 7) is 6.40. The zero-order valence-electron chi connectivity index (χ0n) is 13.8. The molecule has 1 amide bonds. The highest BCUT2D eigenvalue weighted by molar-refractivity contribution is 5.92. The number of para-hydroxylation sites is 1. The Labute approximate surface area is 136 Å². The Hall–Kier alpha value is -2.43. The molecule has 0 atom stereocenters. The first kappa shape index (κ1) is 15.5. The SMILES string of the molecule is Cc1cccc(C(C)C)c1Nc1cnc(C(=O)NC2CC2)cn1. The molecule has 0 spiro atoms. The smallest absolute Gasteiger partial charge is 0.271 e. The lowest BCUT2D eigenvalue weighted by Gasteiger charge is -2.16. The molecule has 0 bridgehead atoms. The number of rotatable bonds is 5. The Kier molecular flexibility index (Phi) is 4.28. The number of hydrogen-bond donors (Lipinski definition) is 2. The van der Waals surface area contributed by atoms with E-state index in [-0.39, 0.29) is 5.91 Å². The number of benzene rings is 1. The minimum absolute atomic E-state index is 0.148. The molecule has 1 fully saturated rings. The molecule has 2 N–H and O–H groups in total. The third-order valence-corrected chi connectivity index (χ3v) is 3.98. The van der Waals surface area contributed by atoms with Gasteiger partial charge in [-0.2, -0.15) is 0 Å². The molecule has 23 heavy (non-hydrogen) atoms. The van der Waals surface area contributed by atoms with Gasteiger partial charge >= 0.3 is 0 Å². The lowest BCUT2D eigenvalue weighted by molar-refractivity contribution is 0.0945. The Morgan fingerprint density at radius 2 is 2.00 bits per heavy atom. The van der Waals surface area contributed by atoms with Gasteiger partial charge in [-0.15, -0.1) is 0 Å². The topological polar surface area (TPSA) is 66.9 Å². The molecule has 1 aromatic carbocycles. The van der Waals surface area contributed by atoms with Crippen molar-refractivity contribution in [2.45, 2.75) is 45.6 Å². The van der Waals surface area contributed by atoms with E-state index in [0.717, 1.165) is 24.1 Å². The molecule has 0 radical (unpaired) electrons. The zero-order chi connectivity index (χ0) is 16.4. The van der Waals surface area contributed by atoms with Gasteiger partial charge in [0.2, 0.25) is 0 Å².